The molecule has 0 atom stereocenters. The number of hydrogen-bond donors (Lipinski definition) is 2. The van der Waals surface area contributed by atoms with Gasteiger partial charge in [-0.2, -0.15) is 10.4 Å². The molecule has 0 amide bonds. The maximum Gasteiger partial charge on any atom is 0.153 e. The summed E-state index contributed by atoms with van der Waals surface area (Å²) in [4.78, 5) is 0. The van der Waals surface area contributed by atoms with E-state index in [2.05, 4.69) is 21.6 Å². The molecule has 1 aromatic rings. The molecule has 0 unspecified atom stereocenters. The zero-order chi connectivity index (χ0) is 13.4. The number of H-pyrrole nitrogens is 1. The fourth-order valence-corrected chi connectivity index (χ4v) is 2.90. The highest BCUT2D eigenvalue weighted by Gasteiger charge is 2.29. The van der Waals surface area contributed by atoms with Crippen LogP contribution in [0, 0.1) is 18.3 Å². The van der Waals surface area contributed by atoms with Gasteiger partial charge in [-0.05, 0) is 37.3 Å². The van der Waals surface area contributed by atoms with Crippen molar-refractivity contribution >= 4 is 17.6 Å². The number of fused-ring (bicyclic) bond motifs is 1. The number of nitrogens with zero attached hydrogens (tertiary/aromatic N) is 3. The minimum atomic E-state index is 0.447. The van der Waals surface area contributed by atoms with Crippen LogP contribution < -0.4 is 5.32 Å². The van der Waals surface area contributed by atoms with Gasteiger partial charge in [-0.1, -0.05) is 0 Å². The number of nitriles is 1. The van der Waals surface area contributed by atoms with Gasteiger partial charge in [0.15, 0.2) is 5.82 Å². The molecular weight excluding hydrogens is 262 g/mol. The van der Waals surface area contributed by atoms with E-state index in [1.807, 2.05) is 13.0 Å². The first kappa shape index (κ1) is 12.1. The smallest absolute Gasteiger partial charge is 0.153 e. The Labute approximate surface area is 116 Å². The number of halogens is 1. The van der Waals surface area contributed by atoms with Crippen molar-refractivity contribution in [2.75, 3.05) is 11.9 Å². The van der Waals surface area contributed by atoms with E-state index in [1.54, 1.807) is 4.42 Å². The Morgan fingerprint density at radius 3 is 2.95 bits per heavy atom. The second-order valence-corrected chi connectivity index (χ2v) is 5.24. The van der Waals surface area contributed by atoms with Crippen LogP contribution in [0.5, 0.6) is 0 Å². The van der Waals surface area contributed by atoms with Crippen molar-refractivity contribution < 1.29 is 0 Å². The molecule has 0 bridgehead atoms. The summed E-state index contributed by atoms with van der Waals surface area (Å²) < 4.78 is 1.58. The molecule has 1 aliphatic carbocycles. The predicted octanol–water partition coefficient (Wildman–Crippen LogP) is 2.82. The van der Waals surface area contributed by atoms with Gasteiger partial charge in [-0.15, -0.1) is 0 Å². The number of aryl methyl sites for hydroxylation is 1. The van der Waals surface area contributed by atoms with E-state index in [-0.39, 0.29) is 0 Å². The molecule has 98 valence electrons. The Morgan fingerprint density at radius 2 is 2.26 bits per heavy atom. The Balaban J connectivity index is 1.99. The monoisotopic (exact) mass is 275 g/mol. The van der Waals surface area contributed by atoms with Crippen molar-refractivity contribution in [2.45, 2.75) is 26.2 Å². The third-order valence-electron chi connectivity index (χ3n) is 3.49. The second kappa shape index (κ2) is 4.63. The lowest BCUT2D eigenvalue weighted by Crippen LogP contribution is -2.26. The minimum absolute atomic E-state index is 0.447. The molecule has 0 spiro atoms. The Kier molecular flexibility index (Phi) is 2.96. The van der Waals surface area contributed by atoms with Gasteiger partial charge in [0, 0.05) is 23.5 Å². The molecule has 5 nitrogen and oxygen atoms in total. The summed E-state index contributed by atoms with van der Waals surface area (Å²) >= 11 is 6.27. The van der Waals surface area contributed by atoms with Crippen molar-refractivity contribution in [3.8, 4) is 6.07 Å². The highest BCUT2D eigenvalue weighted by molar-refractivity contribution is 6.15. The molecule has 1 aliphatic heterocycles. The van der Waals surface area contributed by atoms with Gasteiger partial charge in [-0.25, -0.2) is 0 Å². The number of anilines is 1. The summed E-state index contributed by atoms with van der Waals surface area (Å²) in [6.45, 7) is 2.40. The molecule has 1 aromatic heterocycles. The number of allylic oxidation sites excluding steroid dienone is 2. The summed E-state index contributed by atoms with van der Waals surface area (Å²) in [5.41, 5.74) is 4.09. The molecular formula is C13H14ClN5. The first-order valence-corrected chi connectivity index (χ1v) is 6.61. The lowest BCUT2D eigenvalue weighted by molar-refractivity contribution is 0.590. The van der Waals surface area contributed by atoms with Gasteiger partial charge in [0.05, 0.1) is 18.2 Å². The van der Waals surface area contributed by atoms with E-state index < -0.39 is 0 Å². The number of rotatable bonds is 2. The van der Waals surface area contributed by atoms with Crippen LogP contribution in [0.2, 0.25) is 0 Å². The molecule has 19 heavy (non-hydrogen) atoms. The van der Waals surface area contributed by atoms with Crippen LogP contribution in [0.4, 0.5) is 5.82 Å². The highest BCUT2D eigenvalue weighted by atomic mass is 35.5. The Bertz CT molecular complexity index is 619. The zero-order valence-electron chi connectivity index (χ0n) is 10.6. The molecule has 2 N–H and O–H groups in total. The molecule has 3 rings (SSSR count). The molecule has 0 radical (unpaired) electrons. The van der Waals surface area contributed by atoms with Crippen LogP contribution >= 0.6 is 11.8 Å². The predicted molar refractivity (Wildman–Crippen MR) is 73.0 cm³/mol. The van der Waals surface area contributed by atoms with Gasteiger partial charge in [0.25, 0.3) is 0 Å². The molecule has 1 saturated carbocycles. The van der Waals surface area contributed by atoms with Crippen LogP contribution in [-0.2, 0) is 0 Å². The van der Waals surface area contributed by atoms with E-state index in [0.717, 1.165) is 53.3 Å². The van der Waals surface area contributed by atoms with E-state index in [4.69, 9.17) is 11.8 Å². The average molecular weight is 276 g/mol. The summed E-state index contributed by atoms with van der Waals surface area (Å²) in [5.74, 6) is 1.61. The summed E-state index contributed by atoms with van der Waals surface area (Å²) in [7, 11) is 0. The Morgan fingerprint density at radius 1 is 1.47 bits per heavy atom. The minimum Gasteiger partial charge on any atom is -0.324 e. The molecule has 2 heterocycles. The summed E-state index contributed by atoms with van der Waals surface area (Å²) in [6, 6.07) is 4.19. The summed E-state index contributed by atoms with van der Waals surface area (Å²) in [5, 5.41) is 19.5. The van der Waals surface area contributed by atoms with Gasteiger partial charge in [-0.3, -0.25) is 9.52 Å². The van der Waals surface area contributed by atoms with E-state index in [0.29, 0.717) is 6.54 Å². The third kappa shape index (κ3) is 2.08. The molecule has 6 heteroatoms. The van der Waals surface area contributed by atoms with Crippen molar-refractivity contribution in [3.63, 3.8) is 0 Å². The van der Waals surface area contributed by atoms with E-state index >= 15 is 0 Å². The van der Waals surface area contributed by atoms with Crippen LogP contribution in [0.25, 0.3) is 0 Å². The molecule has 1 fully saturated rings. The zero-order valence-corrected chi connectivity index (χ0v) is 11.4. The lowest BCUT2D eigenvalue weighted by atomic mass is 10.0. The van der Waals surface area contributed by atoms with Crippen molar-refractivity contribution in [2.24, 2.45) is 0 Å². The first-order chi connectivity index (χ1) is 9.19. The molecule has 0 saturated heterocycles. The third-order valence-corrected chi connectivity index (χ3v) is 3.78. The quantitative estimate of drug-likeness (QED) is 0.815. The van der Waals surface area contributed by atoms with E-state index in [9.17, 15) is 5.26 Å². The van der Waals surface area contributed by atoms with Gasteiger partial charge >= 0.3 is 0 Å². The largest absolute Gasteiger partial charge is 0.324 e. The second-order valence-electron chi connectivity index (χ2n) is 4.83. The van der Waals surface area contributed by atoms with Gasteiger partial charge < -0.3 is 5.32 Å². The lowest BCUT2D eigenvalue weighted by Gasteiger charge is -2.27. The number of hydrogen-bond acceptors (Lipinski definition) is 4. The van der Waals surface area contributed by atoms with Crippen molar-refractivity contribution in [1.82, 2.24) is 14.6 Å². The molecule has 0 aromatic carbocycles. The van der Waals surface area contributed by atoms with Crippen LogP contribution in [0.1, 0.15) is 25.0 Å². The fourth-order valence-electron chi connectivity index (χ4n) is 2.64. The van der Waals surface area contributed by atoms with E-state index in [1.165, 1.54) is 0 Å². The average Bonchev–Trinajstić information content (AvgIpc) is 3.01. The first-order valence-electron chi connectivity index (χ1n) is 6.27. The van der Waals surface area contributed by atoms with Crippen molar-refractivity contribution in [1.29, 1.82) is 5.26 Å². The van der Waals surface area contributed by atoms with Crippen LogP contribution in [0.15, 0.2) is 28.6 Å². The highest BCUT2D eigenvalue weighted by Crippen LogP contribution is 2.40. The number of nitrogens with one attached hydrogen (secondary N) is 2. The Hall–Kier alpha value is -1.93. The normalized spacial score (nSPS) is 18.7. The topological polar surface area (TPSA) is 67.7 Å². The maximum absolute atomic E-state index is 9.18. The van der Waals surface area contributed by atoms with Gasteiger partial charge in [0.1, 0.15) is 5.82 Å². The SMILES string of the molecule is Cc1cc(NC2=C3CCCC3=C(C#N)CN2Cl)n[nH]1. The summed E-state index contributed by atoms with van der Waals surface area (Å²) in [6.07, 6.45) is 2.99. The number of aromatic amines is 1. The van der Waals surface area contributed by atoms with Gasteiger partial charge in [0.2, 0.25) is 0 Å². The molecule has 2 aliphatic rings. The standard InChI is InChI=1S/C13H14ClN5/c1-8-5-12(18-17-8)16-13-11-4-2-3-10(11)9(6-15)7-19(13)14/h5H,2-4,7H2,1H3,(H2,16,17,18). The van der Waals surface area contributed by atoms with Crippen LogP contribution in [-0.4, -0.2) is 21.2 Å². The van der Waals surface area contributed by atoms with Crippen LogP contribution in [0.3, 0.4) is 0 Å². The maximum atomic E-state index is 9.18. The fraction of sp³-hybridized carbons (Fsp3) is 0.385. The van der Waals surface area contributed by atoms with Crippen molar-refractivity contribution in [3.05, 3.63) is 34.3 Å². The number of aromatic nitrogens is 2.